The summed E-state index contributed by atoms with van der Waals surface area (Å²) < 4.78 is 1.58. The minimum absolute atomic E-state index is 0.0547. The van der Waals surface area contributed by atoms with Crippen molar-refractivity contribution in [2.75, 3.05) is 18.5 Å². The molecule has 3 N–H and O–H groups in total. The van der Waals surface area contributed by atoms with Gasteiger partial charge in [0.05, 0.1) is 18.5 Å². The third-order valence-electron chi connectivity index (χ3n) is 2.94. The summed E-state index contributed by atoms with van der Waals surface area (Å²) in [7, 11) is 0. The van der Waals surface area contributed by atoms with Crippen molar-refractivity contribution in [3.8, 4) is 0 Å². The summed E-state index contributed by atoms with van der Waals surface area (Å²) in [5.41, 5.74) is 2.25. The predicted octanol–water partition coefficient (Wildman–Crippen LogP) is 1.54. The fourth-order valence-corrected chi connectivity index (χ4v) is 1.90. The Balaban J connectivity index is 2.37. The number of nitrogens with zero attached hydrogens (tertiary/aromatic N) is 2. The minimum Gasteiger partial charge on any atom is -0.395 e. The number of rotatable bonds is 9. The number of allylic oxidation sites excluding steroid dienone is 2. The first-order valence-electron chi connectivity index (χ1n) is 7.31. The van der Waals surface area contributed by atoms with Gasteiger partial charge >= 0.3 is 0 Å². The van der Waals surface area contributed by atoms with Gasteiger partial charge in [0.15, 0.2) is 0 Å². The van der Waals surface area contributed by atoms with Crippen LogP contribution in [-0.4, -0.2) is 40.0 Å². The summed E-state index contributed by atoms with van der Waals surface area (Å²) in [6, 6.07) is 0.349. The number of hydrogen-bond acceptors (Lipinski definition) is 4. The van der Waals surface area contributed by atoms with E-state index in [1.54, 1.807) is 10.9 Å². The fraction of sp³-hybridized carbons (Fsp3) is 0.600. The molecule has 6 nitrogen and oxygen atoms in total. The summed E-state index contributed by atoms with van der Waals surface area (Å²) >= 11 is 0. The lowest BCUT2D eigenvalue weighted by atomic mass is 10.1. The normalized spacial score (nSPS) is 11.8. The number of aliphatic hydroxyl groups is 1. The molecule has 0 aliphatic rings. The van der Waals surface area contributed by atoms with Crippen LogP contribution in [0.1, 0.15) is 33.6 Å². The quantitative estimate of drug-likeness (QED) is 0.604. The van der Waals surface area contributed by atoms with E-state index in [0.29, 0.717) is 6.04 Å². The molecule has 1 amide bonds. The number of anilines is 1. The predicted molar refractivity (Wildman–Crippen MR) is 84.1 cm³/mol. The number of carbonyl (C=O) groups is 1. The van der Waals surface area contributed by atoms with E-state index in [-0.39, 0.29) is 25.6 Å². The molecular weight excluding hydrogens is 268 g/mol. The lowest BCUT2D eigenvalue weighted by Crippen LogP contribution is -2.30. The minimum atomic E-state index is -0.157. The molecule has 0 aromatic carbocycles. The van der Waals surface area contributed by atoms with E-state index in [0.717, 1.165) is 18.5 Å². The van der Waals surface area contributed by atoms with Gasteiger partial charge in [0, 0.05) is 18.8 Å². The van der Waals surface area contributed by atoms with Gasteiger partial charge in [-0.1, -0.05) is 11.6 Å². The molecule has 0 saturated carbocycles. The molecule has 1 rings (SSSR count). The maximum atomic E-state index is 11.5. The Morgan fingerprint density at radius 1 is 1.52 bits per heavy atom. The molecular formula is C15H26N4O2. The first kappa shape index (κ1) is 17.2. The SMILES string of the molecule is CC(C)=CCCC(C)Nc1cnn(CC(=O)NCCO)c1. The molecule has 0 spiro atoms. The van der Waals surface area contributed by atoms with Crippen molar-refractivity contribution in [2.24, 2.45) is 0 Å². The van der Waals surface area contributed by atoms with E-state index >= 15 is 0 Å². The molecule has 21 heavy (non-hydrogen) atoms. The Morgan fingerprint density at radius 3 is 2.95 bits per heavy atom. The average molecular weight is 294 g/mol. The van der Waals surface area contributed by atoms with Gasteiger partial charge in [0.25, 0.3) is 0 Å². The molecule has 1 aromatic rings. The van der Waals surface area contributed by atoms with Crippen LogP contribution >= 0.6 is 0 Å². The van der Waals surface area contributed by atoms with Crippen molar-refractivity contribution in [1.29, 1.82) is 0 Å². The second-order valence-corrected chi connectivity index (χ2v) is 5.40. The van der Waals surface area contributed by atoms with Gasteiger partial charge in [-0.25, -0.2) is 0 Å². The zero-order valence-corrected chi connectivity index (χ0v) is 13.1. The third-order valence-corrected chi connectivity index (χ3v) is 2.94. The highest BCUT2D eigenvalue weighted by Gasteiger charge is 2.06. The highest BCUT2D eigenvalue weighted by molar-refractivity contribution is 5.75. The van der Waals surface area contributed by atoms with Crippen LogP contribution in [0.3, 0.4) is 0 Å². The van der Waals surface area contributed by atoms with E-state index in [1.807, 2.05) is 6.20 Å². The standard InChI is InChI=1S/C15H26N4O2/c1-12(2)5-4-6-13(3)18-14-9-17-19(10-14)11-15(21)16-7-8-20/h5,9-10,13,18,20H,4,6-8,11H2,1-3H3,(H,16,21). The summed E-state index contributed by atoms with van der Waals surface area (Å²) in [4.78, 5) is 11.5. The molecule has 0 fully saturated rings. The van der Waals surface area contributed by atoms with E-state index in [1.165, 1.54) is 5.57 Å². The van der Waals surface area contributed by atoms with Gasteiger partial charge in [-0.15, -0.1) is 0 Å². The van der Waals surface area contributed by atoms with Crippen LogP contribution in [0.4, 0.5) is 5.69 Å². The Morgan fingerprint density at radius 2 is 2.29 bits per heavy atom. The van der Waals surface area contributed by atoms with Gasteiger partial charge < -0.3 is 15.7 Å². The van der Waals surface area contributed by atoms with E-state index in [4.69, 9.17) is 5.11 Å². The highest BCUT2D eigenvalue weighted by Crippen LogP contribution is 2.10. The van der Waals surface area contributed by atoms with E-state index < -0.39 is 0 Å². The van der Waals surface area contributed by atoms with Gasteiger partial charge in [-0.3, -0.25) is 9.48 Å². The number of nitrogens with one attached hydrogen (secondary N) is 2. The van der Waals surface area contributed by atoms with Crippen molar-refractivity contribution in [3.05, 3.63) is 24.0 Å². The van der Waals surface area contributed by atoms with Gasteiger partial charge in [-0.2, -0.15) is 5.10 Å². The van der Waals surface area contributed by atoms with Crippen molar-refractivity contribution < 1.29 is 9.90 Å². The molecule has 6 heteroatoms. The van der Waals surface area contributed by atoms with Crippen LogP contribution < -0.4 is 10.6 Å². The molecule has 118 valence electrons. The van der Waals surface area contributed by atoms with Gasteiger partial charge in [-0.05, 0) is 33.6 Å². The fourth-order valence-electron chi connectivity index (χ4n) is 1.90. The van der Waals surface area contributed by atoms with Crippen LogP contribution in [0.25, 0.3) is 0 Å². The molecule has 0 saturated heterocycles. The summed E-state index contributed by atoms with van der Waals surface area (Å²) in [6.07, 6.45) is 7.86. The lowest BCUT2D eigenvalue weighted by Gasteiger charge is -2.12. The summed E-state index contributed by atoms with van der Waals surface area (Å²) in [5, 5.41) is 18.7. The Labute approximate surface area is 126 Å². The summed E-state index contributed by atoms with van der Waals surface area (Å²) in [6.45, 7) is 6.71. The summed E-state index contributed by atoms with van der Waals surface area (Å²) in [5.74, 6) is -0.157. The zero-order valence-electron chi connectivity index (χ0n) is 13.1. The van der Waals surface area contributed by atoms with Crippen LogP contribution in [0.2, 0.25) is 0 Å². The number of aliphatic hydroxyl groups excluding tert-OH is 1. The van der Waals surface area contributed by atoms with Crippen molar-refractivity contribution in [3.63, 3.8) is 0 Å². The van der Waals surface area contributed by atoms with Gasteiger partial charge in [0.1, 0.15) is 6.54 Å². The molecule has 1 unspecified atom stereocenters. The van der Waals surface area contributed by atoms with Crippen LogP contribution in [-0.2, 0) is 11.3 Å². The smallest absolute Gasteiger partial charge is 0.241 e. The second kappa shape index (κ2) is 9.18. The molecule has 1 aromatic heterocycles. The first-order valence-corrected chi connectivity index (χ1v) is 7.31. The number of hydrogen-bond donors (Lipinski definition) is 3. The average Bonchev–Trinajstić information content (AvgIpc) is 2.83. The number of aromatic nitrogens is 2. The first-order chi connectivity index (χ1) is 10.0. The zero-order chi connectivity index (χ0) is 15.7. The second-order valence-electron chi connectivity index (χ2n) is 5.40. The molecule has 0 bridgehead atoms. The molecule has 0 aliphatic heterocycles. The number of carbonyl (C=O) groups excluding carboxylic acids is 1. The third kappa shape index (κ3) is 7.51. The van der Waals surface area contributed by atoms with Crippen molar-refractivity contribution in [2.45, 2.75) is 46.2 Å². The van der Waals surface area contributed by atoms with Crippen LogP contribution in [0, 0.1) is 0 Å². The Bertz CT molecular complexity index is 464. The highest BCUT2D eigenvalue weighted by atomic mass is 16.3. The van der Waals surface area contributed by atoms with Crippen LogP contribution in [0.15, 0.2) is 24.0 Å². The Hall–Kier alpha value is -1.82. The van der Waals surface area contributed by atoms with Crippen molar-refractivity contribution >= 4 is 11.6 Å². The number of amides is 1. The maximum absolute atomic E-state index is 11.5. The largest absolute Gasteiger partial charge is 0.395 e. The van der Waals surface area contributed by atoms with Crippen LogP contribution in [0.5, 0.6) is 0 Å². The lowest BCUT2D eigenvalue weighted by molar-refractivity contribution is -0.122. The molecule has 0 aliphatic carbocycles. The Kier molecular flexibility index (Phi) is 7.53. The molecule has 1 heterocycles. The van der Waals surface area contributed by atoms with E-state index in [9.17, 15) is 4.79 Å². The van der Waals surface area contributed by atoms with Gasteiger partial charge in [0.2, 0.25) is 5.91 Å². The topological polar surface area (TPSA) is 79.2 Å². The van der Waals surface area contributed by atoms with E-state index in [2.05, 4.69) is 42.6 Å². The monoisotopic (exact) mass is 294 g/mol. The van der Waals surface area contributed by atoms with Crippen molar-refractivity contribution in [1.82, 2.24) is 15.1 Å². The maximum Gasteiger partial charge on any atom is 0.241 e. The molecule has 0 radical (unpaired) electrons. The molecule has 1 atom stereocenters.